The normalized spacial score (nSPS) is 20.4. The molecule has 2 aliphatic rings. The third-order valence-electron chi connectivity index (χ3n) is 5.53. The van der Waals surface area contributed by atoms with Crippen LogP contribution < -0.4 is 14.8 Å². The van der Waals surface area contributed by atoms with Crippen molar-refractivity contribution in [3.63, 3.8) is 0 Å². The van der Waals surface area contributed by atoms with E-state index in [1.54, 1.807) is 30.3 Å². The molecule has 2 aromatic carbocycles. The molecule has 2 atom stereocenters. The minimum Gasteiger partial charge on any atom is -0.486 e. The zero-order valence-electron chi connectivity index (χ0n) is 16.9. The molecule has 0 saturated carbocycles. The molecule has 1 saturated heterocycles. The summed E-state index contributed by atoms with van der Waals surface area (Å²) in [5, 5.41) is 2.98. The third kappa shape index (κ3) is 4.15. The van der Waals surface area contributed by atoms with Crippen molar-refractivity contribution in [1.82, 2.24) is 9.62 Å². The molecule has 8 heteroatoms. The number of ether oxygens (including phenoxy) is 2. The standard InChI is InChI=1S/C22H26N2O5S/c1-16(17-10-11-20-21(15-17)29-14-13-28-20)23-22(25)19-9-5-6-12-24(19)30(26,27)18-7-3-2-4-8-18/h2-4,7-8,10-11,15-16,19H,5-6,9,12-14H2,1H3,(H,23,25). The maximum absolute atomic E-state index is 13.1. The number of benzene rings is 2. The van der Waals surface area contributed by atoms with Crippen molar-refractivity contribution in [2.75, 3.05) is 19.8 Å². The van der Waals surface area contributed by atoms with E-state index in [-0.39, 0.29) is 16.8 Å². The number of piperidine rings is 1. The Morgan fingerprint density at radius 3 is 2.57 bits per heavy atom. The first-order valence-electron chi connectivity index (χ1n) is 10.2. The topological polar surface area (TPSA) is 84.9 Å². The van der Waals surface area contributed by atoms with Crippen LogP contribution in [0.1, 0.15) is 37.8 Å². The summed E-state index contributed by atoms with van der Waals surface area (Å²) in [5.41, 5.74) is 0.876. The molecule has 0 radical (unpaired) electrons. The predicted octanol–water partition coefficient (Wildman–Crippen LogP) is 2.88. The van der Waals surface area contributed by atoms with E-state index in [0.717, 1.165) is 18.4 Å². The molecule has 2 unspecified atom stereocenters. The van der Waals surface area contributed by atoms with Gasteiger partial charge in [-0.05, 0) is 49.6 Å². The van der Waals surface area contributed by atoms with Crippen LogP contribution in [0.4, 0.5) is 0 Å². The summed E-state index contributed by atoms with van der Waals surface area (Å²) < 4.78 is 38.8. The van der Waals surface area contributed by atoms with Gasteiger partial charge in [0.15, 0.2) is 11.5 Å². The number of carbonyl (C=O) groups excluding carboxylic acids is 1. The van der Waals surface area contributed by atoms with E-state index in [0.29, 0.717) is 37.7 Å². The van der Waals surface area contributed by atoms with Gasteiger partial charge in [0.05, 0.1) is 10.9 Å². The Morgan fingerprint density at radius 1 is 1.07 bits per heavy atom. The fourth-order valence-corrected chi connectivity index (χ4v) is 5.58. The Balaban J connectivity index is 1.51. The maximum Gasteiger partial charge on any atom is 0.243 e. The number of fused-ring (bicyclic) bond motifs is 1. The second-order valence-corrected chi connectivity index (χ2v) is 9.46. The van der Waals surface area contributed by atoms with Crippen LogP contribution in [-0.4, -0.2) is 44.4 Å². The average Bonchev–Trinajstić information content (AvgIpc) is 2.79. The van der Waals surface area contributed by atoms with Gasteiger partial charge in [0.1, 0.15) is 19.3 Å². The Kier molecular flexibility index (Phi) is 5.97. The molecule has 2 aliphatic heterocycles. The first-order valence-corrected chi connectivity index (χ1v) is 11.7. The summed E-state index contributed by atoms with van der Waals surface area (Å²) in [6.45, 7) is 3.23. The first-order chi connectivity index (χ1) is 14.5. The largest absolute Gasteiger partial charge is 0.486 e. The van der Waals surface area contributed by atoms with Crippen molar-refractivity contribution in [3.05, 3.63) is 54.1 Å². The second kappa shape index (κ2) is 8.65. The molecule has 160 valence electrons. The summed E-state index contributed by atoms with van der Waals surface area (Å²) in [7, 11) is -3.73. The number of carbonyl (C=O) groups is 1. The zero-order chi connectivity index (χ0) is 21.1. The highest BCUT2D eigenvalue weighted by molar-refractivity contribution is 7.89. The molecule has 1 amide bonds. The fourth-order valence-electron chi connectivity index (χ4n) is 3.90. The second-order valence-electron chi connectivity index (χ2n) is 7.57. The Hall–Kier alpha value is -2.58. The molecule has 2 heterocycles. The molecule has 2 aromatic rings. The van der Waals surface area contributed by atoms with Gasteiger partial charge < -0.3 is 14.8 Å². The lowest BCUT2D eigenvalue weighted by Gasteiger charge is -2.34. The van der Waals surface area contributed by atoms with Crippen molar-refractivity contribution in [2.24, 2.45) is 0 Å². The quantitative estimate of drug-likeness (QED) is 0.789. The van der Waals surface area contributed by atoms with E-state index in [1.165, 1.54) is 4.31 Å². The number of sulfonamides is 1. The monoisotopic (exact) mass is 430 g/mol. The molecular weight excluding hydrogens is 404 g/mol. The van der Waals surface area contributed by atoms with Crippen LogP contribution in [0.2, 0.25) is 0 Å². The maximum atomic E-state index is 13.1. The number of nitrogens with one attached hydrogen (secondary N) is 1. The smallest absolute Gasteiger partial charge is 0.243 e. The summed E-state index contributed by atoms with van der Waals surface area (Å²) in [5.74, 6) is 1.07. The molecule has 30 heavy (non-hydrogen) atoms. The van der Waals surface area contributed by atoms with Crippen LogP contribution in [0.25, 0.3) is 0 Å². The Labute approximate surface area is 177 Å². The van der Waals surface area contributed by atoms with E-state index >= 15 is 0 Å². The molecule has 0 aliphatic carbocycles. The lowest BCUT2D eigenvalue weighted by atomic mass is 10.0. The Morgan fingerprint density at radius 2 is 1.80 bits per heavy atom. The van der Waals surface area contributed by atoms with E-state index in [1.807, 2.05) is 25.1 Å². The van der Waals surface area contributed by atoms with Gasteiger partial charge in [0, 0.05) is 6.54 Å². The van der Waals surface area contributed by atoms with E-state index in [2.05, 4.69) is 5.32 Å². The molecule has 0 aromatic heterocycles. The van der Waals surface area contributed by atoms with E-state index in [9.17, 15) is 13.2 Å². The average molecular weight is 431 g/mol. The van der Waals surface area contributed by atoms with Crippen molar-refractivity contribution in [2.45, 2.75) is 43.2 Å². The summed E-state index contributed by atoms with van der Waals surface area (Å²) in [6.07, 6.45) is 2.07. The minimum absolute atomic E-state index is 0.213. The molecule has 1 fully saturated rings. The summed E-state index contributed by atoms with van der Waals surface area (Å²) >= 11 is 0. The SMILES string of the molecule is CC(NC(=O)C1CCCCN1S(=O)(=O)c1ccccc1)c1ccc2c(c1)OCCO2. The molecule has 0 spiro atoms. The number of hydrogen-bond acceptors (Lipinski definition) is 5. The lowest BCUT2D eigenvalue weighted by Crippen LogP contribution is -2.52. The van der Waals surface area contributed by atoms with Gasteiger partial charge in [-0.15, -0.1) is 0 Å². The summed E-state index contributed by atoms with van der Waals surface area (Å²) in [6, 6.07) is 12.9. The molecule has 4 rings (SSSR count). The number of hydrogen-bond donors (Lipinski definition) is 1. The number of nitrogens with zero attached hydrogens (tertiary/aromatic N) is 1. The van der Waals surface area contributed by atoms with Crippen LogP contribution in [-0.2, 0) is 14.8 Å². The molecule has 7 nitrogen and oxygen atoms in total. The molecule has 0 bridgehead atoms. The highest BCUT2D eigenvalue weighted by atomic mass is 32.2. The zero-order valence-corrected chi connectivity index (χ0v) is 17.7. The van der Waals surface area contributed by atoms with Gasteiger partial charge >= 0.3 is 0 Å². The first kappa shape index (κ1) is 20.7. The van der Waals surface area contributed by atoms with Crippen LogP contribution in [0, 0.1) is 0 Å². The van der Waals surface area contributed by atoms with Gasteiger partial charge in [-0.3, -0.25) is 4.79 Å². The van der Waals surface area contributed by atoms with Crippen molar-refractivity contribution >= 4 is 15.9 Å². The van der Waals surface area contributed by atoms with E-state index < -0.39 is 16.1 Å². The Bertz CT molecular complexity index is 1010. The number of rotatable bonds is 5. The molecular formula is C22H26N2O5S. The van der Waals surface area contributed by atoms with Gasteiger partial charge in [0.25, 0.3) is 0 Å². The van der Waals surface area contributed by atoms with Gasteiger partial charge in [-0.2, -0.15) is 4.31 Å². The lowest BCUT2D eigenvalue weighted by molar-refractivity contribution is -0.126. The predicted molar refractivity (Wildman–Crippen MR) is 112 cm³/mol. The molecule has 1 N–H and O–H groups in total. The van der Waals surface area contributed by atoms with Gasteiger partial charge in [0.2, 0.25) is 15.9 Å². The van der Waals surface area contributed by atoms with Crippen LogP contribution in [0.5, 0.6) is 11.5 Å². The van der Waals surface area contributed by atoms with Crippen LogP contribution in [0.15, 0.2) is 53.4 Å². The van der Waals surface area contributed by atoms with Crippen molar-refractivity contribution in [3.8, 4) is 11.5 Å². The van der Waals surface area contributed by atoms with Crippen LogP contribution >= 0.6 is 0 Å². The summed E-state index contributed by atoms with van der Waals surface area (Å²) in [4.78, 5) is 13.3. The van der Waals surface area contributed by atoms with Crippen molar-refractivity contribution in [1.29, 1.82) is 0 Å². The van der Waals surface area contributed by atoms with Crippen LogP contribution in [0.3, 0.4) is 0 Å². The van der Waals surface area contributed by atoms with E-state index in [4.69, 9.17) is 9.47 Å². The van der Waals surface area contributed by atoms with Crippen molar-refractivity contribution < 1.29 is 22.7 Å². The number of amides is 1. The highest BCUT2D eigenvalue weighted by Crippen LogP contribution is 2.33. The highest BCUT2D eigenvalue weighted by Gasteiger charge is 2.38. The minimum atomic E-state index is -3.73. The van der Waals surface area contributed by atoms with Gasteiger partial charge in [-0.1, -0.05) is 30.7 Å². The van der Waals surface area contributed by atoms with Gasteiger partial charge in [-0.25, -0.2) is 8.42 Å². The fraction of sp³-hybridized carbons (Fsp3) is 0.409. The third-order valence-corrected chi connectivity index (χ3v) is 7.45.